The number of aliphatic imine (C=N–C) groups is 1. The van der Waals surface area contributed by atoms with Gasteiger partial charge in [-0.3, -0.25) is 9.69 Å². The van der Waals surface area contributed by atoms with Gasteiger partial charge in [-0.15, -0.1) is 0 Å². The van der Waals surface area contributed by atoms with E-state index >= 15 is 0 Å². The van der Waals surface area contributed by atoms with Crippen molar-refractivity contribution in [3.63, 3.8) is 0 Å². The maximum absolute atomic E-state index is 14.5. The Kier molecular flexibility index (Phi) is 4.92. The van der Waals surface area contributed by atoms with Crippen LogP contribution in [0.2, 0.25) is 0 Å². The van der Waals surface area contributed by atoms with E-state index in [-0.39, 0.29) is 23.0 Å². The highest BCUT2D eigenvalue weighted by atomic mass is 79.9. The second-order valence-electron chi connectivity index (χ2n) is 6.47. The SMILES string of the molecule is Cc1ccc(/C=C2/N=C(c3ccccc3F)N(c3ccc(Br)cc3)C2=O)cc1. The Bertz CT molecular complexity index is 1100. The third kappa shape index (κ3) is 3.53. The number of anilines is 1. The van der Waals surface area contributed by atoms with E-state index in [1.54, 1.807) is 36.4 Å². The summed E-state index contributed by atoms with van der Waals surface area (Å²) in [5.41, 5.74) is 3.17. The zero-order valence-electron chi connectivity index (χ0n) is 15.1. The third-order valence-corrected chi connectivity index (χ3v) is 4.97. The first-order valence-electron chi connectivity index (χ1n) is 8.75. The molecular formula is C23H16BrFN2O. The second-order valence-corrected chi connectivity index (χ2v) is 7.39. The molecular weight excluding hydrogens is 419 g/mol. The van der Waals surface area contributed by atoms with Gasteiger partial charge >= 0.3 is 0 Å². The van der Waals surface area contributed by atoms with Crippen LogP contribution in [0.5, 0.6) is 0 Å². The number of hydrogen-bond donors (Lipinski definition) is 0. The molecule has 0 radical (unpaired) electrons. The van der Waals surface area contributed by atoms with Gasteiger partial charge in [0, 0.05) is 4.47 Å². The van der Waals surface area contributed by atoms with Gasteiger partial charge in [-0.05, 0) is 55.0 Å². The van der Waals surface area contributed by atoms with Crippen molar-refractivity contribution >= 4 is 39.4 Å². The molecule has 1 aliphatic heterocycles. The van der Waals surface area contributed by atoms with Gasteiger partial charge in [0.1, 0.15) is 11.5 Å². The molecule has 0 saturated heterocycles. The fraction of sp³-hybridized carbons (Fsp3) is 0.0435. The predicted molar refractivity (Wildman–Crippen MR) is 114 cm³/mol. The Hall–Kier alpha value is -3.05. The van der Waals surface area contributed by atoms with E-state index in [2.05, 4.69) is 20.9 Å². The summed E-state index contributed by atoms with van der Waals surface area (Å²) < 4.78 is 15.4. The van der Waals surface area contributed by atoms with E-state index in [1.165, 1.54) is 11.0 Å². The summed E-state index contributed by atoms with van der Waals surface area (Å²) in [6.07, 6.45) is 1.72. The first-order chi connectivity index (χ1) is 13.5. The molecule has 3 nitrogen and oxygen atoms in total. The minimum atomic E-state index is -0.423. The summed E-state index contributed by atoms with van der Waals surface area (Å²) in [5, 5.41) is 0. The molecule has 138 valence electrons. The Morgan fingerprint density at radius 1 is 0.964 bits per heavy atom. The van der Waals surface area contributed by atoms with Crippen LogP contribution in [-0.4, -0.2) is 11.7 Å². The molecule has 0 spiro atoms. The number of carbonyl (C=O) groups excluding carboxylic acids is 1. The molecule has 0 fully saturated rings. The largest absolute Gasteiger partial charge is 0.282 e. The molecule has 1 amide bonds. The number of benzene rings is 3. The van der Waals surface area contributed by atoms with Gasteiger partial charge in [-0.1, -0.05) is 57.9 Å². The standard InChI is InChI=1S/C23H16BrFN2O/c1-15-6-8-16(9-7-15)14-21-23(28)27(18-12-10-17(24)11-13-18)22(26-21)19-4-2-3-5-20(19)25/h2-14H,1H3/b21-14+. The molecule has 0 saturated carbocycles. The Balaban J connectivity index is 1.84. The lowest BCUT2D eigenvalue weighted by Gasteiger charge is -2.19. The van der Waals surface area contributed by atoms with Crippen LogP contribution >= 0.6 is 15.9 Å². The first kappa shape index (κ1) is 18.3. The zero-order valence-corrected chi connectivity index (χ0v) is 16.7. The molecule has 0 atom stereocenters. The minimum Gasteiger partial charge on any atom is -0.266 e. The van der Waals surface area contributed by atoms with E-state index in [9.17, 15) is 9.18 Å². The number of hydrogen-bond acceptors (Lipinski definition) is 2. The van der Waals surface area contributed by atoms with Crippen molar-refractivity contribution in [1.82, 2.24) is 0 Å². The van der Waals surface area contributed by atoms with Gasteiger partial charge in [-0.2, -0.15) is 0 Å². The number of amidine groups is 1. The number of carbonyl (C=O) groups is 1. The van der Waals surface area contributed by atoms with Gasteiger partial charge in [0.25, 0.3) is 5.91 Å². The van der Waals surface area contributed by atoms with Crippen LogP contribution in [0.4, 0.5) is 10.1 Å². The minimum absolute atomic E-state index is 0.269. The van der Waals surface area contributed by atoms with Crippen molar-refractivity contribution in [1.29, 1.82) is 0 Å². The summed E-state index contributed by atoms with van der Waals surface area (Å²) in [6, 6.07) is 21.4. The summed E-state index contributed by atoms with van der Waals surface area (Å²) in [5.74, 6) is -0.433. The topological polar surface area (TPSA) is 32.7 Å². The van der Waals surface area contributed by atoms with Gasteiger partial charge < -0.3 is 0 Å². The molecule has 4 rings (SSSR count). The summed E-state index contributed by atoms with van der Waals surface area (Å²) in [4.78, 5) is 19.1. The van der Waals surface area contributed by atoms with Crippen molar-refractivity contribution in [2.75, 3.05) is 4.90 Å². The maximum atomic E-state index is 14.5. The molecule has 0 bridgehead atoms. The Labute approximate surface area is 171 Å². The molecule has 3 aromatic rings. The van der Waals surface area contributed by atoms with E-state index in [0.29, 0.717) is 5.69 Å². The van der Waals surface area contributed by atoms with E-state index < -0.39 is 5.82 Å². The Morgan fingerprint density at radius 2 is 1.64 bits per heavy atom. The average molecular weight is 435 g/mol. The smallest absolute Gasteiger partial charge is 0.266 e. The van der Waals surface area contributed by atoms with Gasteiger partial charge in [0.05, 0.1) is 11.3 Å². The molecule has 0 aliphatic carbocycles. The van der Waals surface area contributed by atoms with Gasteiger partial charge in [0.2, 0.25) is 0 Å². The highest BCUT2D eigenvalue weighted by molar-refractivity contribution is 9.10. The van der Waals surface area contributed by atoms with Crippen LogP contribution in [0.15, 0.2) is 88.0 Å². The quantitative estimate of drug-likeness (QED) is 0.484. The first-order valence-corrected chi connectivity index (χ1v) is 9.54. The highest BCUT2D eigenvalue weighted by Crippen LogP contribution is 2.29. The summed E-state index contributed by atoms with van der Waals surface area (Å²) >= 11 is 3.40. The lowest BCUT2D eigenvalue weighted by atomic mass is 10.1. The van der Waals surface area contributed by atoms with Crippen LogP contribution in [0.1, 0.15) is 16.7 Å². The molecule has 1 aliphatic rings. The lowest BCUT2D eigenvalue weighted by molar-refractivity contribution is -0.113. The third-order valence-electron chi connectivity index (χ3n) is 4.44. The number of rotatable bonds is 3. The van der Waals surface area contributed by atoms with Crippen LogP contribution in [0.25, 0.3) is 6.08 Å². The fourth-order valence-electron chi connectivity index (χ4n) is 2.99. The molecule has 0 unspecified atom stereocenters. The van der Waals surface area contributed by atoms with Crippen molar-refractivity contribution in [3.8, 4) is 0 Å². The van der Waals surface area contributed by atoms with Crippen molar-refractivity contribution < 1.29 is 9.18 Å². The van der Waals surface area contributed by atoms with Crippen LogP contribution in [-0.2, 0) is 4.79 Å². The van der Waals surface area contributed by atoms with Crippen LogP contribution < -0.4 is 4.90 Å². The molecule has 0 N–H and O–H groups in total. The van der Waals surface area contributed by atoms with Gasteiger partial charge in [-0.25, -0.2) is 9.38 Å². The number of aryl methyl sites for hydroxylation is 1. The number of nitrogens with zero attached hydrogens (tertiary/aromatic N) is 2. The van der Waals surface area contributed by atoms with Crippen LogP contribution in [0, 0.1) is 12.7 Å². The van der Waals surface area contributed by atoms with Crippen molar-refractivity contribution in [2.45, 2.75) is 6.92 Å². The van der Waals surface area contributed by atoms with E-state index in [1.807, 2.05) is 43.3 Å². The van der Waals surface area contributed by atoms with E-state index in [4.69, 9.17) is 0 Å². The van der Waals surface area contributed by atoms with E-state index in [0.717, 1.165) is 15.6 Å². The predicted octanol–water partition coefficient (Wildman–Crippen LogP) is 5.73. The number of halogens is 2. The number of amides is 1. The zero-order chi connectivity index (χ0) is 19.7. The normalized spacial score (nSPS) is 15.2. The summed E-state index contributed by atoms with van der Waals surface area (Å²) in [7, 11) is 0. The van der Waals surface area contributed by atoms with Crippen molar-refractivity contribution in [2.24, 2.45) is 4.99 Å². The maximum Gasteiger partial charge on any atom is 0.282 e. The Morgan fingerprint density at radius 3 is 2.32 bits per heavy atom. The summed E-state index contributed by atoms with van der Waals surface area (Å²) in [6.45, 7) is 2.00. The average Bonchev–Trinajstić information content (AvgIpc) is 3.01. The monoisotopic (exact) mass is 434 g/mol. The van der Waals surface area contributed by atoms with Crippen LogP contribution in [0.3, 0.4) is 0 Å². The second kappa shape index (κ2) is 7.52. The molecule has 0 aromatic heterocycles. The fourth-order valence-corrected chi connectivity index (χ4v) is 3.25. The molecule has 1 heterocycles. The molecule has 28 heavy (non-hydrogen) atoms. The van der Waals surface area contributed by atoms with Gasteiger partial charge in [0.15, 0.2) is 5.84 Å². The lowest BCUT2D eigenvalue weighted by Crippen LogP contribution is -2.33. The van der Waals surface area contributed by atoms with Crippen molar-refractivity contribution in [3.05, 3.63) is 105 Å². The molecule has 3 aromatic carbocycles. The highest BCUT2D eigenvalue weighted by Gasteiger charge is 2.33. The molecule has 5 heteroatoms.